The van der Waals surface area contributed by atoms with E-state index in [1.807, 2.05) is 0 Å². The van der Waals surface area contributed by atoms with Gasteiger partial charge in [0.25, 0.3) is 0 Å². The van der Waals surface area contributed by atoms with Gasteiger partial charge in [0.15, 0.2) is 0 Å². The lowest BCUT2D eigenvalue weighted by Crippen LogP contribution is -2.42. The Kier molecular flexibility index (Phi) is 4.03. The predicted octanol–water partition coefficient (Wildman–Crippen LogP) is 2.41. The maximum atomic E-state index is 14.2. The van der Waals surface area contributed by atoms with Crippen LogP contribution in [0.3, 0.4) is 0 Å². The first kappa shape index (κ1) is 16.8. The zero-order chi connectivity index (χ0) is 17.5. The van der Waals surface area contributed by atoms with E-state index in [2.05, 4.69) is 10.3 Å². The highest BCUT2D eigenvalue weighted by atomic mass is 19.3. The van der Waals surface area contributed by atoms with Crippen molar-refractivity contribution in [2.45, 2.75) is 31.2 Å². The van der Waals surface area contributed by atoms with Gasteiger partial charge < -0.3 is 15.8 Å². The minimum Gasteiger partial charge on any atom is -0.386 e. The van der Waals surface area contributed by atoms with Crippen molar-refractivity contribution in [2.24, 2.45) is 16.6 Å². The van der Waals surface area contributed by atoms with Crippen molar-refractivity contribution in [3.63, 3.8) is 0 Å². The van der Waals surface area contributed by atoms with Gasteiger partial charge in [0.2, 0.25) is 11.8 Å². The van der Waals surface area contributed by atoms with E-state index in [9.17, 15) is 18.0 Å². The van der Waals surface area contributed by atoms with E-state index < -0.39 is 41.9 Å². The van der Waals surface area contributed by atoms with E-state index in [0.29, 0.717) is 5.69 Å². The van der Waals surface area contributed by atoms with Crippen LogP contribution in [0.15, 0.2) is 23.2 Å². The van der Waals surface area contributed by atoms with Gasteiger partial charge in [0.05, 0.1) is 6.61 Å². The van der Waals surface area contributed by atoms with Crippen molar-refractivity contribution in [3.8, 4) is 0 Å². The monoisotopic (exact) mass is 341 g/mol. The minimum absolute atomic E-state index is 0.150. The number of carbonyl (C=O) groups excluding carboxylic acids is 1. The molecule has 1 atom stereocenters. The molecule has 0 unspecified atom stereocenters. The third-order valence-corrected chi connectivity index (χ3v) is 4.30. The number of nitrogens with two attached hydrogens (primary N) is 1. The van der Waals surface area contributed by atoms with Crippen LogP contribution in [0.1, 0.15) is 25.3 Å². The molecule has 0 saturated heterocycles. The predicted molar refractivity (Wildman–Crippen MR) is 82.5 cm³/mol. The summed E-state index contributed by atoms with van der Waals surface area (Å²) in [5, 5.41) is 2.56. The maximum absolute atomic E-state index is 14.2. The van der Waals surface area contributed by atoms with E-state index in [1.165, 1.54) is 18.2 Å². The number of rotatable bonds is 3. The molecule has 1 aromatic rings. The van der Waals surface area contributed by atoms with Crippen molar-refractivity contribution in [3.05, 3.63) is 29.6 Å². The average Bonchev–Trinajstić information content (AvgIpc) is 2.46. The normalized spacial score (nSPS) is 26.4. The van der Waals surface area contributed by atoms with Gasteiger partial charge in [-0.25, -0.2) is 13.2 Å². The van der Waals surface area contributed by atoms with E-state index in [0.717, 1.165) is 0 Å². The number of aliphatic imine (C=N–C) groups is 1. The summed E-state index contributed by atoms with van der Waals surface area (Å²) in [5.41, 5.74) is 5.22. The second-order valence-corrected chi connectivity index (χ2v) is 6.51. The third-order valence-electron chi connectivity index (χ3n) is 4.30. The molecule has 1 fully saturated rings. The lowest BCUT2D eigenvalue weighted by molar-refractivity contribution is -0.145. The minimum atomic E-state index is -2.77. The summed E-state index contributed by atoms with van der Waals surface area (Å²) in [6.07, 6.45) is -0.918. The Hall–Kier alpha value is -2.09. The zero-order valence-corrected chi connectivity index (χ0v) is 13.1. The van der Waals surface area contributed by atoms with Gasteiger partial charge in [0, 0.05) is 30.0 Å². The Bertz CT molecular complexity index is 700. The molecule has 2 aliphatic rings. The number of ether oxygens (including phenoxy) is 1. The second-order valence-electron chi connectivity index (χ2n) is 6.51. The molecule has 0 aromatic heterocycles. The summed E-state index contributed by atoms with van der Waals surface area (Å²) in [5.74, 6) is -4.24. The number of halogens is 3. The van der Waals surface area contributed by atoms with E-state index >= 15 is 0 Å². The first-order valence-electron chi connectivity index (χ1n) is 7.59. The molecule has 1 aromatic carbocycles. The molecule has 0 bridgehead atoms. The number of amides is 1. The molecular weight excluding hydrogens is 323 g/mol. The number of hydrogen-bond acceptors (Lipinski definition) is 4. The quantitative estimate of drug-likeness (QED) is 0.886. The van der Waals surface area contributed by atoms with E-state index in [4.69, 9.17) is 10.5 Å². The second kappa shape index (κ2) is 5.77. The number of alkyl halides is 2. The first-order valence-corrected chi connectivity index (χ1v) is 7.59. The van der Waals surface area contributed by atoms with Crippen LogP contribution in [-0.2, 0) is 15.1 Å². The van der Waals surface area contributed by atoms with Crippen LogP contribution in [0.4, 0.5) is 18.9 Å². The Balaban J connectivity index is 1.79. The molecule has 1 saturated carbocycles. The molecular formula is C16H18F3N3O2. The highest BCUT2D eigenvalue weighted by Gasteiger charge is 2.48. The van der Waals surface area contributed by atoms with Gasteiger partial charge >= 0.3 is 0 Å². The molecule has 3 rings (SSSR count). The third kappa shape index (κ3) is 3.24. The molecule has 130 valence electrons. The van der Waals surface area contributed by atoms with Crippen LogP contribution < -0.4 is 11.1 Å². The van der Waals surface area contributed by atoms with Crippen molar-refractivity contribution >= 4 is 17.4 Å². The number of carbonyl (C=O) groups is 1. The lowest BCUT2D eigenvalue weighted by atomic mass is 9.80. The number of hydrogen-bond donors (Lipinski definition) is 2. The Morgan fingerprint density at radius 2 is 2.12 bits per heavy atom. The number of benzene rings is 1. The fourth-order valence-corrected chi connectivity index (χ4v) is 2.98. The maximum Gasteiger partial charge on any atom is 0.249 e. The van der Waals surface area contributed by atoms with Gasteiger partial charge in [-0.1, -0.05) is 0 Å². The zero-order valence-electron chi connectivity index (χ0n) is 13.1. The van der Waals surface area contributed by atoms with Crippen molar-refractivity contribution in [2.75, 3.05) is 18.5 Å². The summed E-state index contributed by atoms with van der Waals surface area (Å²) in [6, 6.07) is 4.02. The van der Waals surface area contributed by atoms with Crippen molar-refractivity contribution in [1.29, 1.82) is 0 Å². The van der Waals surface area contributed by atoms with Crippen LogP contribution in [0.25, 0.3) is 0 Å². The molecule has 0 radical (unpaired) electrons. The summed E-state index contributed by atoms with van der Waals surface area (Å²) < 4.78 is 45.3. The lowest BCUT2D eigenvalue weighted by Gasteiger charge is -2.34. The first-order chi connectivity index (χ1) is 11.2. The Labute approximate surface area is 137 Å². The van der Waals surface area contributed by atoms with Gasteiger partial charge in [-0.05, 0) is 25.1 Å². The molecule has 24 heavy (non-hydrogen) atoms. The number of amidine groups is 1. The standard InChI is InChI=1S/C16H18F3N3O2/c1-15(8-24-7-13(20)22-15)11-4-10(2-3-12(11)17)21-14(23)9-5-16(18,19)6-9/h2-4,9H,5-8H2,1H3,(H2,20,22)(H,21,23)/t15-/m0/s1. The van der Waals surface area contributed by atoms with Crippen LogP contribution >= 0.6 is 0 Å². The van der Waals surface area contributed by atoms with Crippen LogP contribution in [0.2, 0.25) is 0 Å². The van der Waals surface area contributed by atoms with Gasteiger partial charge in [-0.15, -0.1) is 0 Å². The summed E-state index contributed by atoms with van der Waals surface area (Å²) >= 11 is 0. The Morgan fingerprint density at radius 3 is 2.75 bits per heavy atom. The number of nitrogens with zero attached hydrogens (tertiary/aromatic N) is 1. The molecule has 1 amide bonds. The molecule has 0 spiro atoms. The molecule has 1 aliphatic carbocycles. The number of anilines is 1. The van der Waals surface area contributed by atoms with Crippen molar-refractivity contribution in [1.82, 2.24) is 0 Å². The topological polar surface area (TPSA) is 76.7 Å². The summed E-state index contributed by atoms with van der Waals surface area (Å²) in [7, 11) is 0. The van der Waals surface area contributed by atoms with E-state index in [1.54, 1.807) is 6.92 Å². The van der Waals surface area contributed by atoms with Crippen molar-refractivity contribution < 1.29 is 22.7 Å². The van der Waals surface area contributed by atoms with Crippen LogP contribution in [-0.4, -0.2) is 30.9 Å². The highest BCUT2D eigenvalue weighted by Crippen LogP contribution is 2.43. The van der Waals surface area contributed by atoms with Crippen LogP contribution in [0.5, 0.6) is 0 Å². The number of nitrogens with one attached hydrogen (secondary N) is 1. The van der Waals surface area contributed by atoms with E-state index in [-0.39, 0.29) is 24.6 Å². The smallest absolute Gasteiger partial charge is 0.249 e. The fourth-order valence-electron chi connectivity index (χ4n) is 2.98. The Morgan fingerprint density at radius 1 is 1.42 bits per heavy atom. The fraction of sp³-hybridized carbons (Fsp3) is 0.500. The largest absolute Gasteiger partial charge is 0.386 e. The molecule has 5 nitrogen and oxygen atoms in total. The van der Waals surface area contributed by atoms with Gasteiger partial charge in [0.1, 0.15) is 23.8 Å². The van der Waals surface area contributed by atoms with Gasteiger partial charge in [-0.3, -0.25) is 9.79 Å². The summed E-state index contributed by atoms with van der Waals surface area (Å²) in [4.78, 5) is 16.2. The highest BCUT2D eigenvalue weighted by molar-refractivity contribution is 5.93. The SMILES string of the molecule is C[C@@]1(c2cc(NC(=O)C3CC(F)(F)C3)ccc2F)COCC(N)=N1. The molecule has 3 N–H and O–H groups in total. The summed E-state index contributed by atoms with van der Waals surface area (Å²) in [6.45, 7) is 2.01. The molecule has 1 aliphatic heterocycles. The van der Waals surface area contributed by atoms with Gasteiger partial charge in [-0.2, -0.15) is 0 Å². The molecule has 8 heteroatoms. The van der Waals surface area contributed by atoms with Crippen LogP contribution in [0, 0.1) is 11.7 Å². The average molecular weight is 341 g/mol. The molecule has 1 heterocycles.